The second-order valence-corrected chi connectivity index (χ2v) is 6.08. The Kier molecular flexibility index (Phi) is 5.32. The lowest BCUT2D eigenvalue weighted by Gasteiger charge is -2.12. The van der Waals surface area contributed by atoms with Gasteiger partial charge in [0, 0.05) is 12.2 Å². The summed E-state index contributed by atoms with van der Waals surface area (Å²) in [5.41, 5.74) is 0.978. The lowest BCUT2D eigenvalue weighted by atomic mass is 10.2. The molecule has 0 aliphatic carbocycles. The van der Waals surface area contributed by atoms with E-state index in [2.05, 4.69) is 22.1 Å². The number of nitrogens with zero attached hydrogens (tertiary/aromatic N) is 3. The third-order valence-electron chi connectivity index (χ3n) is 3.00. The summed E-state index contributed by atoms with van der Waals surface area (Å²) in [5, 5.41) is 10.7. The van der Waals surface area contributed by atoms with Crippen LogP contribution in [0.4, 0.5) is 10.1 Å². The SMILES string of the molecule is C=CCn1cnnc1S[C@@H](C)C(=O)Nc1ccc(C)c(F)c1. The maximum absolute atomic E-state index is 13.5. The molecule has 5 nitrogen and oxygen atoms in total. The third kappa shape index (κ3) is 3.94. The Morgan fingerprint density at radius 2 is 2.36 bits per heavy atom. The molecule has 116 valence electrons. The molecule has 0 aliphatic heterocycles. The highest BCUT2D eigenvalue weighted by atomic mass is 32.2. The number of benzene rings is 1. The summed E-state index contributed by atoms with van der Waals surface area (Å²) in [6.07, 6.45) is 3.32. The second-order valence-electron chi connectivity index (χ2n) is 4.77. The van der Waals surface area contributed by atoms with E-state index >= 15 is 0 Å². The van der Waals surface area contributed by atoms with Crippen LogP contribution in [0.1, 0.15) is 12.5 Å². The van der Waals surface area contributed by atoms with Gasteiger partial charge in [0.25, 0.3) is 0 Å². The van der Waals surface area contributed by atoms with Gasteiger partial charge in [-0.1, -0.05) is 23.9 Å². The molecule has 7 heteroatoms. The fraction of sp³-hybridized carbons (Fsp3) is 0.267. The van der Waals surface area contributed by atoms with Crippen LogP contribution in [-0.2, 0) is 11.3 Å². The highest BCUT2D eigenvalue weighted by Gasteiger charge is 2.18. The van der Waals surface area contributed by atoms with Crippen molar-refractivity contribution in [2.45, 2.75) is 30.8 Å². The van der Waals surface area contributed by atoms with Crippen molar-refractivity contribution in [1.82, 2.24) is 14.8 Å². The van der Waals surface area contributed by atoms with Crippen LogP contribution in [0.3, 0.4) is 0 Å². The van der Waals surface area contributed by atoms with Crippen LogP contribution in [0, 0.1) is 12.7 Å². The Labute approximate surface area is 132 Å². The van der Waals surface area contributed by atoms with Gasteiger partial charge in [-0.3, -0.25) is 4.79 Å². The van der Waals surface area contributed by atoms with Gasteiger partial charge in [0.1, 0.15) is 12.1 Å². The first-order valence-electron chi connectivity index (χ1n) is 6.73. The molecule has 2 rings (SSSR count). The standard InChI is InChI=1S/C15H17FN4OS/c1-4-7-20-9-17-19-15(20)22-11(3)14(21)18-12-6-5-10(2)13(16)8-12/h4-6,8-9,11H,1,7H2,2-3H3,(H,18,21)/t11-/m0/s1. The third-order valence-corrected chi connectivity index (χ3v) is 4.09. The first-order chi connectivity index (χ1) is 10.5. The molecular weight excluding hydrogens is 303 g/mol. The topological polar surface area (TPSA) is 59.8 Å². The molecule has 2 aromatic rings. The summed E-state index contributed by atoms with van der Waals surface area (Å²) in [7, 11) is 0. The molecule has 0 bridgehead atoms. The number of carbonyl (C=O) groups is 1. The number of thioether (sulfide) groups is 1. The maximum atomic E-state index is 13.5. The van der Waals surface area contributed by atoms with E-state index in [-0.39, 0.29) is 11.7 Å². The van der Waals surface area contributed by atoms with Gasteiger partial charge in [0.2, 0.25) is 5.91 Å². The van der Waals surface area contributed by atoms with E-state index in [1.165, 1.54) is 17.8 Å². The minimum Gasteiger partial charge on any atom is -0.325 e. The number of allylic oxidation sites excluding steroid dienone is 1. The minimum atomic E-state index is -0.392. The molecule has 0 radical (unpaired) electrons. The lowest BCUT2D eigenvalue weighted by molar-refractivity contribution is -0.115. The molecular formula is C15H17FN4OS. The van der Waals surface area contributed by atoms with Crippen LogP contribution >= 0.6 is 11.8 Å². The maximum Gasteiger partial charge on any atom is 0.237 e. The van der Waals surface area contributed by atoms with E-state index in [4.69, 9.17) is 0 Å². The number of anilines is 1. The van der Waals surface area contributed by atoms with Gasteiger partial charge >= 0.3 is 0 Å². The van der Waals surface area contributed by atoms with Crippen molar-refractivity contribution in [1.29, 1.82) is 0 Å². The average molecular weight is 320 g/mol. The molecule has 1 atom stereocenters. The van der Waals surface area contributed by atoms with Crippen molar-refractivity contribution in [3.63, 3.8) is 0 Å². The number of aryl methyl sites for hydroxylation is 1. The summed E-state index contributed by atoms with van der Waals surface area (Å²) in [6, 6.07) is 4.61. The van der Waals surface area contributed by atoms with Crippen LogP contribution in [0.5, 0.6) is 0 Å². The Morgan fingerprint density at radius 3 is 3.05 bits per heavy atom. The summed E-state index contributed by atoms with van der Waals surface area (Å²) in [6.45, 7) is 7.67. The Morgan fingerprint density at radius 1 is 1.59 bits per heavy atom. The van der Waals surface area contributed by atoms with E-state index in [1.807, 2.05) is 0 Å². The largest absolute Gasteiger partial charge is 0.325 e. The lowest BCUT2D eigenvalue weighted by Crippen LogP contribution is -2.23. The molecule has 1 amide bonds. The van der Waals surface area contributed by atoms with Crippen LogP contribution in [0.2, 0.25) is 0 Å². The summed E-state index contributed by atoms with van der Waals surface area (Å²) in [4.78, 5) is 12.2. The van der Waals surface area contributed by atoms with Gasteiger partial charge in [-0.05, 0) is 31.5 Å². The van der Waals surface area contributed by atoms with E-state index in [1.54, 1.807) is 43.0 Å². The summed E-state index contributed by atoms with van der Waals surface area (Å²) < 4.78 is 15.3. The predicted molar refractivity (Wildman–Crippen MR) is 85.3 cm³/mol. The molecule has 0 saturated heterocycles. The van der Waals surface area contributed by atoms with E-state index in [0.29, 0.717) is 23.0 Å². The van der Waals surface area contributed by atoms with Crippen molar-refractivity contribution >= 4 is 23.4 Å². The van der Waals surface area contributed by atoms with Crippen LogP contribution in [0.15, 0.2) is 42.3 Å². The highest BCUT2D eigenvalue weighted by Crippen LogP contribution is 2.22. The minimum absolute atomic E-state index is 0.221. The number of hydrogen-bond donors (Lipinski definition) is 1. The molecule has 0 spiro atoms. The van der Waals surface area contributed by atoms with Gasteiger partial charge in [-0.15, -0.1) is 16.8 Å². The Bertz CT molecular complexity index is 686. The van der Waals surface area contributed by atoms with Gasteiger partial charge in [-0.25, -0.2) is 4.39 Å². The van der Waals surface area contributed by atoms with Crippen molar-refractivity contribution in [3.05, 3.63) is 48.6 Å². The molecule has 0 unspecified atom stereocenters. The first-order valence-corrected chi connectivity index (χ1v) is 7.61. The molecule has 22 heavy (non-hydrogen) atoms. The molecule has 0 saturated carbocycles. The zero-order valence-corrected chi connectivity index (χ0v) is 13.2. The molecule has 0 fully saturated rings. The van der Waals surface area contributed by atoms with Crippen molar-refractivity contribution < 1.29 is 9.18 Å². The predicted octanol–water partition coefficient (Wildman–Crippen LogP) is 3.03. The molecule has 1 aromatic carbocycles. The molecule has 1 aromatic heterocycles. The average Bonchev–Trinajstić information content (AvgIpc) is 2.90. The van der Waals surface area contributed by atoms with Gasteiger partial charge in [0.05, 0.1) is 5.25 Å². The number of halogens is 1. The molecule has 1 heterocycles. The zero-order chi connectivity index (χ0) is 16.1. The Balaban J connectivity index is 2.01. The molecule has 0 aliphatic rings. The van der Waals surface area contributed by atoms with E-state index < -0.39 is 5.25 Å². The number of amides is 1. The summed E-state index contributed by atoms with van der Waals surface area (Å²) in [5.74, 6) is -0.565. The number of aromatic nitrogens is 3. The monoisotopic (exact) mass is 320 g/mol. The van der Waals surface area contributed by atoms with Crippen LogP contribution in [-0.4, -0.2) is 25.9 Å². The highest BCUT2D eigenvalue weighted by molar-refractivity contribution is 8.00. The van der Waals surface area contributed by atoms with E-state index in [9.17, 15) is 9.18 Å². The molecule has 1 N–H and O–H groups in total. The fourth-order valence-corrected chi connectivity index (χ4v) is 2.56. The first kappa shape index (κ1) is 16.2. The van der Waals surface area contributed by atoms with Crippen molar-refractivity contribution in [3.8, 4) is 0 Å². The summed E-state index contributed by atoms with van der Waals surface area (Å²) >= 11 is 1.29. The van der Waals surface area contributed by atoms with Crippen molar-refractivity contribution in [2.24, 2.45) is 0 Å². The van der Waals surface area contributed by atoms with Crippen LogP contribution < -0.4 is 5.32 Å². The number of rotatable bonds is 6. The number of nitrogens with one attached hydrogen (secondary N) is 1. The zero-order valence-electron chi connectivity index (χ0n) is 12.4. The van der Waals surface area contributed by atoms with E-state index in [0.717, 1.165) is 0 Å². The van der Waals surface area contributed by atoms with Crippen LogP contribution in [0.25, 0.3) is 0 Å². The number of hydrogen-bond acceptors (Lipinski definition) is 4. The van der Waals surface area contributed by atoms with Gasteiger partial charge in [0.15, 0.2) is 5.16 Å². The normalized spacial score (nSPS) is 12.0. The number of carbonyl (C=O) groups excluding carboxylic acids is 1. The van der Waals surface area contributed by atoms with Gasteiger partial charge < -0.3 is 9.88 Å². The quantitative estimate of drug-likeness (QED) is 0.656. The van der Waals surface area contributed by atoms with Crippen molar-refractivity contribution in [2.75, 3.05) is 5.32 Å². The second kappa shape index (κ2) is 7.22. The van der Waals surface area contributed by atoms with Gasteiger partial charge in [-0.2, -0.15) is 0 Å². The smallest absolute Gasteiger partial charge is 0.237 e. The Hall–Kier alpha value is -2.15. The fourth-order valence-electron chi connectivity index (χ4n) is 1.73.